The molecule has 2 aliphatic heterocycles. The summed E-state index contributed by atoms with van der Waals surface area (Å²) in [5.74, 6) is 1.48. The van der Waals surface area contributed by atoms with Crippen LogP contribution in [-0.2, 0) is 11.2 Å². The van der Waals surface area contributed by atoms with E-state index in [2.05, 4.69) is 66.1 Å². The quantitative estimate of drug-likeness (QED) is 0.530. The summed E-state index contributed by atoms with van der Waals surface area (Å²) in [6, 6.07) is 8.61. The van der Waals surface area contributed by atoms with E-state index in [9.17, 15) is 0 Å². The number of nitrogens with two attached hydrogens (primary N) is 1. The van der Waals surface area contributed by atoms with Gasteiger partial charge in [0.15, 0.2) is 0 Å². The maximum Gasteiger partial charge on any atom is 0.138 e. The van der Waals surface area contributed by atoms with E-state index in [-0.39, 0.29) is 11.5 Å². The molecule has 3 atom stereocenters. The molecule has 0 unspecified atom stereocenters. The van der Waals surface area contributed by atoms with Gasteiger partial charge in [-0.15, -0.1) is 0 Å². The van der Waals surface area contributed by atoms with E-state index in [1.165, 1.54) is 0 Å². The van der Waals surface area contributed by atoms with E-state index in [4.69, 9.17) is 22.1 Å². The first kappa shape index (κ1) is 19.5. The molecule has 2 aromatic heterocycles. The molecule has 3 aromatic rings. The highest BCUT2D eigenvalue weighted by atomic mass is 79.9. The number of anilines is 2. The molecule has 31 heavy (non-hydrogen) atoms. The van der Waals surface area contributed by atoms with Crippen LogP contribution in [0, 0.1) is 5.41 Å². The topological polar surface area (TPSA) is 77.2 Å². The van der Waals surface area contributed by atoms with Crippen LogP contribution in [0.1, 0.15) is 24.0 Å². The van der Waals surface area contributed by atoms with Gasteiger partial charge in [-0.05, 0) is 52.9 Å². The van der Waals surface area contributed by atoms with Crippen molar-refractivity contribution in [1.29, 1.82) is 0 Å². The second kappa shape index (κ2) is 7.15. The maximum absolute atomic E-state index is 6.29. The van der Waals surface area contributed by atoms with Crippen molar-refractivity contribution in [3.8, 4) is 0 Å². The van der Waals surface area contributed by atoms with Gasteiger partial charge in [0.05, 0.1) is 28.7 Å². The fourth-order valence-electron chi connectivity index (χ4n) is 5.28. The van der Waals surface area contributed by atoms with Crippen LogP contribution in [-0.4, -0.2) is 40.2 Å². The molecule has 2 bridgehead atoms. The number of benzene rings is 1. The third-order valence-corrected chi connectivity index (χ3v) is 7.80. The number of nitrogen functional groups attached to an aromatic ring is 1. The average molecular weight is 499 g/mol. The third kappa shape index (κ3) is 3.22. The minimum absolute atomic E-state index is 0.0516. The zero-order valence-corrected chi connectivity index (χ0v) is 19.1. The molecular weight excluding hydrogens is 478 g/mol. The Labute approximate surface area is 193 Å². The van der Waals surface area contributed by atoms with Gasteiger partial charge < -0.3 is 15.4 Å². The molecule has 158 valence electrons. The molecule has 1 saturated carbocycles. The zero-order chi connectivity index (χ0) is 21.2. The number of fused-ring (bicyclic) bond motifs is 4. The second-order valence-corrected chi connectivity index (χ2v) is 9.95. The number of halogens is 2. The van der Waals surface area contributed by atoms with Crippen LogP contribution in [0.4, 0.5) is 11.6 Å². The molecule has 0 amide bonds. The van der Waals surface area contributed by atoms with Crippen LogP contribution in [0.25, 0.3) is 17.0 Å². The average Bonchev–Trinajstić information content (AvgIpc) is 3.47. The predicted octanol–water partition coefficient (Wildman–Crippen LogP) is 4.65. The predicted molar refractivity (Wildman–Crippen MR) is 126 cm³/mol. The molecule has 6 rings (SSSR count). The lowest BCUT2D eigenvalue weighted by atomic mass is 9.86. The van der Waals surface area contributed by atoms with E-state index in [0.717, 1.165) is 64.7 Å². The molecule has 2 N–H and O–H groups in total. The first-order chi connectivity index (χ1) is 15.0. The molecule has 0 radical (unpaired) electrons. The lowest BCUT2D eigenvalue weighted by molar-refractivity contribution is 0.0468. The van der Waals surface area contributed by atoms with Gasteiger partial charge >= 0.3 is 0 Å². The Balaban J connectivity index is 1.25. The van der Waals surface area contributed by atoms with Crippen molar-refractivity contribution in [3.05, 3.63) is 57.4 Å². The van der Waals surface area contributed by atoms with Crippen molar-refractivity contribution >= 4 is 56.1 Å². The van der Waals surface area contributed by atoms with Crippen LogP contribution in [0.3, 0.4) is 0 Å². The van der Waals surface area contributed by atoms with Gasteiger partial charge in [0, 0.05) is 22.9 Å². The largest absolute Gasteiger partial charge is 0.383 e. The van der Waals surface area contributed by atoms with Crippen molar-refractivity contribution in [2.75, 3.05) is 23.8 Å². The molecule has 1 saturated heterocycles. The number of pyridine rings is 1. The SMILES string of the molecule is Nc1nc2cc(/C=C/[C@]34CO[C@H](C3)[C@H](N3CCc5c(Cl)ncnc53)C4)ccc2cc1Br. The minimum Gasteiger partial charge on any atom is -0.383 e. The van der Waals surface area contributed by atoms with Crippen LogP contribution >= 0.6 is 27.5 Å². The lowest BCUT2D eigenvalue weighted by Gasteiger charge is -2.34. The fourth-order valence-corrected chi connectivity index (χ4v) is 5.84. The Kier molecular flexibility index (Phi) is 4.49. The normalized spacial score (nSPS) is 27.0. The summed E-state index contributed by atoms with van der Waals surface area (Å²) >= 11 is 9.73. The number of rotatable bonds is 3. The Morgan fingerprint density at radius 3 is 3.06 bits per heavy atom. The van der Waals surface area contributed by atoms with Crippen molar-refractivity contribution in [2.24, 2.45) is 5.41 Å². The lowest BCUT2D eigenvalue weighted by Crippen LogP contribution is -2.43. The van der Waals surface area contributed by atoms with Crippen molar-refractivity contribution in [3.63, 3.8) is 0 Å². The van der Waals surface area contributed by atoms with Gasteiger partial charge in [-0.1, -0.05) is 35.9 Å². The Morgan fingerprint density at radius 2 is 2.16 bits per heavy atom. The van der Waals surface area contributed by atoms with Crippen LogP contribution in [0.15, 0.2) is 41.1 Å². The summed E-state index contributed by atoms with van der Waals surface area (Å²) in [5.41, 5.74) is 9.09. The van der Waals surface area contributed by atoms with Crippen LogP contribution < -0.4 is 10.6 Å². The van der Waals surface area contributed by atoms with Crippen LogP contribution in [0.2, 0.25) is 5.15 Å². The summed E-state index contributed by atoms with van der Waals surface area (Å²) in [6.07, 6.45) is 9.29. The standard InChI is InChI=1S/C23H21BrClN5O/c24-16-8-14-2-1-13(7-17(14)29-21(16)26)3-5-23-9-18(19(10-23)31-11-23)30-6-4-15-20(25)27-12-28-22(15)30/h1-3,5,7-8,12,18-19H,4,6,9-11H2,(H2,26,29)/b5-3+/t18-,19-,23-/m1/s1. The number of hydrogen-bond donors (Lipinski definition) is 1. The molecule has 1 aromatic carbocycles. The van der Waals surface area contributed by atoms with E-state index in [0.29, 0.717) is 17.0 Å². The number of hydrogen-bond acceptors (Lipinski definition) is 6. The van der Waals surface area contributed by atoms with Crippen molar-refractivity contribution < 1.29 is 4.74 Å². The van der Waals surface area contributed by atoms with Crippen molar-refractivity contribution in [1.82, 2.24) is 15.0 Å². The van der Waals surface area contributed by atoms with E-state index >= 15 is 0 Å². The van der Waals surface area contributed by atoms with Gasteiger partial charge in [-0.3, -0.25) is 0 Å². The molecule has 4 heterocycles. The molecule has 6 nitrogen and oxygen atoms in total. The third-order valence-electron chi connectivity index (χ3n) is 6.83. The van der Waals surface area contributed by atoms with Gasteiger partial charge in [0.1, 0.15) is 23.1 Å². The molecule has 1 aliphatic carbocycles. The summed E-state index contributed by atoms with van der Waals surface area (Å²) in [6.45, 7) is 1.69. The monoisotopic (exact) mass is 497 g/mol. The number of nitrogens with zero attached hydrogens (tertiary/aromatic N) is 4. The van der Waals surface area contributed by atoms with Gasteiger partial charge in [-0.2, -0.15) is 0 Å². The highest BCUT2D eigenvalue weighted by Crippen LogP contribution is 2.51. The summed E-state index contributed by atoms with van der Waals surface area (Å²) < 4.78 is 7.03. The van der Waals surface area contributed by atoms with Crippen molar-refractivity contribution in [2.45, 2.75) is 31.4 Å². The Bertz CT molecular complexity index is 1230. The summed E-state index contributed by atoms with van der Waals surface area (Å²) in [4.78, 5) is 15.5. The molecular formula is C23H21BrClN5O. The fraction of sp³-hybridized carbons (Fsp3) is 0.348. The number of aromatic nitrogens is 3. The van der Waals surface area contributed by atoms with E-state index < -0.39 is 0 Å². The Hall–Kier alpha value is -2.22. The summed E-state index contributed by atoms with van der Waals surface area (Å²) in [5, 5.41) is 1.64. The van der Waals surface area contributed by atoms with E-state index in [1.54, 1.807) is 6.33 Å². The van der Waals surface area contributed by atoms with Gasteiger partial charge in [0.25, 0.3) is 0 Å². The summed E-state index contributed by atoms with van der Waals surface area (Å²) in [7, 11) is 0. The first-order valence-corrected chi connectivity index (χ1v) is 11.6. The number of ether oxygens (including phenoxy) is 1. The van der Waals surface area contributed by atoms with Crippen LogP contribution in [0.5, 0.6) is 0 Å². The molecule has 0 spiro atoms. The second-order valence-electron chi connectivity index (χ2n) is 8.74. The molecule has 3 aliphatic rings. The highest BCUT2D eigenvalue weighted by molar-refractivity contribution is 9.10. The highest BCUT2D eigenvalue weighted by Gasteiger charge is 2.53. The maximum atomic E-state index is 6.29. The molecule has 2 fully saturated rings. The van der Waals surface area contributed by atoms with Gasteiger partial charge in [-0.25, -0.2) is 15.0 Å². The zero-order valence-electron chi connectivity index (χ0n) is 16.8. The smallest absolute Gasteiger partial charge is 0.138 e. The minimum atomic E-state index is 0.0516. The first-order valence-electron chi connectivity index (χ1n) is 10.4. The molecule has 8 heteroatoms. The van der Waals surface area contributed by atoms with Gasteiger partial charge in [0.2, 0.25) is 0 Å². The Morgan fingerprint density at radius 1 is 1.26 bits per heavy atom. The van der Waals surface area contributed by atoms with E-state index in [1.807, 2.05) is 6.07 Å².